The van der Waals surface area contributed by atoms with Crippen LogP contribution in [0.15, 0.2) is 55.8 Å². The number of azide groups is 4. The lowest BCUT2D eigenvalue weighted by Gasteiger charge is -2.32. The Bertz CT molecular complexity index is 1240. The molecular weight excluding hydrogens is 544 g/mol. The molecule has 2 rings (SSSR count). The van der Waals surface area contributed by atoms with E-state index < -0.39 is 37.3 Å². The first-order valence-corrected chi connectivity index (χ1v) is 11.8. The molecule has 21 heteroatoms. The van der Waals surface area contributed by atoms with Crippen molar-refractivity contribution in [2.24, 2.45) is 32.2 Å². The van der Waals surface area contributed by atoms with E-state index >= 15 is 0 Å². The fraction of sp³-hybridized carbons (Fsp3) is 0.550. The lowest BCUT2D eigenvalue weighted by Crippen LogP contribution is -2.49. The molecule has 1 fully saturated rings. The van der Waals surface area contributed by atoms with Gasteiger partial charge >= 0.3 is 12.1 Å². The van der Waals surface area contributed by atoms with Crippen molar-refractivity contribution in [3.63, 3.8) is 0 Å². The predicted molar refractivity (Wildman–Crippen MR) is 141 cm³/mol. The van der Waals surface area contributed by atoms with E-state index in [1.54, 1.807) is 0 Å². The highest BCUT2D eigenvalue weighted by Crippen LogP contribution is 2.32. The molecule has 1 saturated carbocycles. The summed E-state index contributed by atoms with van der Waals surface area (Å²) in [5, 5.41) is 24.9. The summed E-state index contributed by atoms with van der Waals surface area (Å²) in [4.78, 5) is 35.4. The lowest BCUT2D eigenvalue weighted by molar-refractivity contribution is -0.142. The van der Waals surface area contributed by atoms with Crippen LogP contribution >= 0.6 is 0 Å². The Balaban J connectivity index is 2.28. The van der Waals surface area contributed by atoms with Crippen LogP contribution in [0.4, 0.5) is 4.79 Å². The number of hydrogen-bond donors (Lipinski definition) is 3. The molecule has 0 saturated heterocycles. The van der Waals surface area contributed by atoms with E-state index in [2.05, 4.69) is 45.4 Å². The van der Waals surface area contributed by atoms with Gasteiger partial charge in [-0.2, -0.15) is 0 Å². The number of hydrazine groups is 1. The van der Waals surface area contributed by atoms with E-state index in [0.29, 0.717) is 17.5 Å². The van der Waals surface area contributed by atoms with Crippen molar-refractivity contribution in [2.45, 2.75) is 18.4 Å². The molecule has 0 aliphatic heterocycles. The van der Waals surface area contributed by atoms with E-state index in [9.17, 15) is 9.59 Å². The van der Waals surface area contributed by atoms with Gasteiger partial charge in [-0.25, -0.2) is 15.6 Å². The highest BCUT2D eigenvalue weighted by atomic mass is 16.6. The Morgan fingerprint density at radius 1 is 1.07 bits per heavy atom. The molecule has 0 bridgehead atoms. The van der Waals surface area contributed by atoms with Crippen molar-refractivity contribution in [3.8, 4) is 0 Å². The van der Waals surface area contributed by atoms with Crippen molar-refractivity contribution >= 4 is 17.8 Å². The van der Waals surface area contributed by atoms with Gasteiger partial charge in [0.2, 0.25) is 0 Å². The molecule has 2 aliphatic carbocycles. The normalized spacial score (nSPS) is 16.1. The van der Waals surface area contributed by atoms with E-state index in [1.807, 2.05) is 0 Å². The lowest BCUT2D eigenvalue weighted by atomic mass is 10.0. The van der Waals surface area contributed by atoms with Gasteiger partial charge in [-0.05, 0) is 47.0 Å². The van der Waals surface area contributed by atoms with Crippen molar-refractivity contribution in [2.75, 3.05) is 45.9 Å². The quantitative estimate of drug-likeness (QED) is 0.0341. The number of ether oxygens (including phenoxy) is 3. The Labute approximate surface area is 231 Å². The third-order valence-corrected chi connectivity index (χ3v) is 5.35. The second-order valence-corrected chi connectivity index (χ2v) is 8.45. The molecule has 4 N–H and O–H groups in total. The number of allylic oxidation sites excluding steroid dienone is 3. The number of rotatable bonds is 17. The van der Waals surface area contributed by atoms with Crippen LogP contribution in [0.2, 0.25) is 0 Å². The summed E-state index contributed by atoms with van der Waals surface area (Å²) in [7, 11) is 0. The van der Waals surface area contributed by atoms with Crippen molar-refractivity contribution in [1.29, 1.82) is 5.41 Å². The summed E-state index contributed by atoms with van der Waals surface area (Å²) in [6.07, 6.45) is 4.70. The smallest absolute Gasteiger partial charge is 0.429 e. The van der Waals surface area contributed by atoms with Gasteiger partial charge < -0.3 is 24.9 Å². The summed E-state index contributed by atoms with van der Waals surface area (Å²) >= 11 is 0. The minimum atomic E-state index is -1.85. The van der Waals surface area contributed by atoms with E-state index in [4.69, 9.17) is 47.6 Å². The summed E-state index contributed by atoms with van der Waals surface area (Å²) in [5.41, 5.74) is 32.8. The molecule has 0 radical (unpaired) electrons. The fourth-order valence-electron chi connectivity index (χ4n) is 3.10. The number of hydrogen-bond acceptors (Lipinski definition) is 12. The van der Waals surface area contributed by atoms with Gasteiger partial charge in [-0.1, -0.05) is 20.5 Å². The number of carbonyl (C=O) groups excluding carboxylic acids is 2. The molecule has 0 unspecified atom stereocenters. The maximum Gasteiger partial charge on any atom is 0.429 e. The zero-order chi connectivity index (χ0) is 30.1. The number of esters is 1. The third kappa shape index (κ3) is 10.6. The summed E-state index contributed by atoms with van der Waals surface area (Å²) in [6.45, 7) is -1.71. The minimum absolute atomic E-state index is 0.0210. The molecule has 0 aromatic carbocycles. The number of nitrogens with one attached hydrogen (secondary N) is 2. The molecule has 21 nitrogen and oxygen atoms in total. The van der Waals surface area contributed by atoms with Crippen LogP contribution in [-0.4, -0.2) is 74.3 Å². The van der Waals surface area contributed by atoms with Crippen LogP contribution in [0.3, 0.4) is 0 Å². The second-order valence-electron chi connectivity index (χ2n) is 8.45. The summed E-state index contributed by atoms with van der Waals surface area (Å²) < 4.78 is 16.1. The molecule has 0 spiro atoms. The van der Waals surface area contributed by atoms with Crippen molar-refractivity contribution < 1.29 is 23.8 Å². The number of nitrogens with zero attached hydrogens (tertiary/aromatic N) is 13. The van der Waals surface area contributed by atoms with Gasteiger partial charge in [0.05, 0.1) is 45.1 Å². The topological polar surface area (TPSA) is 322 Å². The maximum absolute atomic E-state index is 13.2. The maximum atomic E-state index is 13.2. The van der Waals surface area contributed by atoms with Gasteiger partial charge in [-0.15, -0.1) is 0 Å². The van der Waals surface area contributed by atoms with Gasteiger partial charge in [0.15, 0.2) is 0 Å². The second kappa shape index (κ2) is 16.4. The van der Waals surface area contributed by atoms with Crippen LogP contribution in [0.25, 0.3) is 41.8 Å². The average molecular weight is 571 g/mol. The predicted octanol–water partition coefficient (Wildman–Crippen LogP) is 3.52. The van der Waals surface area contributed by atoms with Gasteiger partial charge in [0.25, 0.3) is 0 Å². The largest absolute Gasteiger partial charge is 0.491 e. The van der Waals surface area contributed by atoms with E-state index in [1.165, 1.54) is 18.4 Å². The van der Waals surface area contributed by atoms with Gasteiger partial charge in [0.1, 0.15) is 23.6 Å². The first-order valence-electron chi connectivity index (χ1n) is 11.8. The first kappa shape index (κ1) is 31.6. The highest BCUT2D eigenvalue weighted by molar-refractivity contribution is 6.10. The van der Waals surface area contributed by atoms with Crippen LogP contribution < -0.4 is 11.2 Å². The molecule has 2 aliphatic rings. The highest BCUT2D eigenvalue weighted by Gasteiger charge is 2.36. The first-order chi connectivity index (χ1) is 19.8. The number of nitrogens with two attached hydrogens (primary N) is 1. The third-order valence-electron chi connectivity index (χ3n) is 5.35. The molecule has 0 aromatic heterocycles. The average Bonchev–Trinajstić information content (AvgIpc) is 3.80. The molecule has 41 heavy (non-hydrogen) atoms. The van der Waals surface area contributed by atoms with Crippen LogP contribution in [0.1, 0.15) is 12.8 Å². The zero-order valence-corrected chi connectivity index (χ0v) is 21.6. The van der Waals surface area contributed by atoms with Crippen LogP contribution in [-0.2, 0) is 19.0 Å². The zero-order valence-electron chi connectivity index (χ0n) is 21.6. The molecule has 1 amide bonds. The van der Waals surface area contributed by atoms with E-state index in [-0.39, 0.29) is 42.4 Å². The van der Waals surface area contributed by atoms with Gasteiger partial charge in [0, 0.05) is 37.5 Å². The van der Waals surface area contributed by atoms with Crippen molar-refractivity contribution in [3.05, 3.63) is 77.2 Å². The molecule has 0 atom stereocenters. The number of carbonyl (C=O) groups is 2. The summed E-state index contributed by atoms with van der Waals surface area (Å²) in [6, 6.07) is 0. The standard InChI is InChI=1S/C20H26N16O5/c21-15-6-17(40-9-13-1-2-13)16(5-14(15)7-27-8-18(37)39-4-3-28-32-22)36(26)19(38)41-20(10-29-33-23,11-30-34-24)12-31-35-25/h5-7,13,21,27H,1-4,8-12,26H2/b14-7-,21-15?. The minimum Gasteiger partial charge on any atom is -0.491 e. The molecule has 216 valence electrons. The Morgan fingerprint density at radius 2 is 1.68 bits per heavy atom. The van der Waals surface area contributed by atoms with Gasteiger partial charge in [-0.3, -0.25) is 4.79 Å². The monoisotopic (exact) mass is 570 g/mol. The van der Waals surface area contributed by atoms with Crippen LogP contribution in [0.5, 0.6) is 0 Å². The Hall–Kier alpha value is -5.57. The SMILES string of the molecule is [N-]=[N+]=NCCOC(=O)CN/C=C1/C=C(N(N)C(=O)OC(CN=[N+]=[N-])(CN=[N+]=[N-])CN=[N+]=[N-])C(OCC2CC2)=CC1=N. The van der Waals surface area contributed by atoms with Crippen LogP contribution in [0, 0.1) is 11.3 Å². The van der Waals surface area contributed by atoms with E-state index in [0.717, 1.165) is 12.8 Å². The number of amides is 1. The molecule has 0 aromatic rings. The fourth-order valence-corrected chi connectivity index (χ4v) is 3.10. The Morgan fingerprint density at radius 3 is 2.24 bits per heavy atom. The van der Waals surface area contributed by atoms with Crippen molar-refractivity contribution in [1.82, 2.24) is 10.3 Å². The summed E-state index contributed by atoms with van der Waals surface area (Å²) in [5.74, 6) is 5.85. The Kier molecular flexibility index (Phi) is 12.7. The molecular formula is C20H26N16O5. The molecule has 0 heterocycles.